The van der Waals surface area contributed by atoms with E-state index in [0.29, 0.717) is 5.75 Å². The van der Waals surface area contributed by atoms with Crippen LogP contribution in [0.2, 0.25) is 0 Å². The van der Waals surface area contributed by atoms with Gasteiger partial charge in [0.25, 0.3) is 5.91 Å². The summed E-state index contributed by atoms with van der Waals surface area (Å²) in [7, 11) is -4.10. The maximum atomic E-state index is 13.2. The van der Waals surface area contributed by atoms with Crippen molar-refractivity contribution in [3.05, 3.63) is 30.1 Å². The largest absolute Gasteiger partial charge is 0.492 e. The molecule has 0 spiro atoms. The van der Waals surface area contributed by atoms with E-state index in [2.05, 4.69) is 25.9 Å². The standard InChI is InChI=1S/C17H22N6O7S.2ClH/c24-15(11-14-19-22-23-20-14)18-7-10-30-12-1-3-13(4-2-12)31(27,28)17(16(25)21-26)5-8-29-9-6-17;;/h1-4,26H,5-11H2,(H,18,24)(H,21,25)(H,19,20,22,23);2*1H. The number of amides is 2. The lowest BCUT2D eigenvalue weighted by Gasteiger charge is -2.34. The van der Waals surface area contributed by atoms with Crippen LogP contribution < -0.4 is 15.5 Å². The van der Waals surface area contributed by atoms with Gasteiger partial charge in [-0.15, -0.1) is 35.0 Å². The highest BCUT2D eigenvalue weighted by Gasteiger charge is 2.52. The van der Waals surface area contributed by atoms with Gasteiger partial charge in [0.2, 0.25) is 5.91 Å². The molecule has 13 nitrogen and oxygen atoms in total. The Balaban J connectivity index is 0.00000272. The maximum absolute atomic E-state index is 13.2. The second kappa shape index (κ2) is 12.6. The molecule has 0 unspecified atom stereocenters. The second-order valence-corrected chi connectivity index (χ2v) is 8.99. The van der Waals surface area contributed by atoms with Gasteiger partial charge in [-0.1, -0.05) is 5.21 Å². The molecule has 1 aliphatic rings. The van der Waals surface area contributed by atoms with Gasteiger partial charge in [-0.05, 0) is 37.1 Å². The molecule has 4 N–H and O–H groups in total. The van der Waals surface area contributed by atoms with E-state index in [9.17, 15) is 18.0 Å². The number of aromatic amines is 1. The van der Waals surface area contributed by atoms with Crippen molar-refractivity contribution in [1.29, 1.82) is 0 Å². The SMILES string of the molecule is Cl.Cl.O=C(Cc1nn[nH]n1)NCCOc1ccc(S(=O)(=O)C2(C(=O)NO)CCOCC2)cc1. The number of nitrogens with one attached hydrogen (secondary N) is 3. The third-order valence-corrected chi connectivity index (χ3v) is 7.38. The Morgan fingerprint density at radius 3 is 2.42 bits per heavy atom. The molecule has 1 aromatic carbocycles. The molecule has 2 heterocycles. The van der Waals surface area contributed by atoms with Gasteiger partial charge >= 0.3 is 0 Å². The molecule has 0 atom stereocenters. The molecule has 0 saturated carbocycles. The van der Waals surface area contributed by atoms with Gasteiger partial charge in [-0.2, -0.15) is 5.21 Å². The number of carbonyl (C=O) groups is 2. The van der Waals surface area contributed by atoms with Gasteiger partial charge in [0.05, 0.1) is 17.9 Å². The average Bonchev–Trinajstić information content (AvgIpc) is 3.29. The molecule has 2 amide bonds. The van der Waals surface area contributed by atoms with Crippen molar-refractivity contribution in [3.63, 3.8) is 0 Å². The highest BCUT2D eigenvalue weighted by molar-refractivity contribution is 7.93. The summed E-state index contributed by atoms with van der Waals surface area (Å²) >= 11 is 0. The topological polar surface area (TPSA) is 185 Å². The molecule has 1 aromatic heterocycles. The summed E-state index contributed by atoms with van der Waals surface area (Å²) in [5.74, 6) is -0.616. The summed E-state index contributed by atoms with van der Waals surface area (Å²) in [5, 5.41) is 24.7. The van der Waals surface area contributed by atoms with Crippen LogP contribution >= 0.6 is 24.8 Å². The van der Waals surface area contributed by atoms with Crippen molar-refractivity contribution in [1.82, 2.24) is 31.4 Å². The molecule has 2 aromatic rings. The maximum Gasteiger partial charge on any atom is 0.265 e. The Kier molecular flexibility index (Phi) is 10.9. The van der Waals surface area contributed by atoms with Gasteiger partial charge in [-0.3, -0.25) is 14.8 Å². The monoisotopic (exact) mass is 526 g/mol. The molecule has 1 aliphatic heterocycles. The number of hydrogen-bond acceptors (Lipinski definition) is 10. The number of rotatable bonds is 9. The van der Waals surface area contributed by atoms with Crippen molar-refractivity contribution in [2.75, 3.05) is 26.4 Å². The number of carbonyl (C=O) groups excluding carboxylic acids is 2. The van der Waals surface area contributed by atoms with Crippen molar-refractivity contribution < 1.29 is 32.7 Å². The first-order valence-corrected chi connectivity index (χ1v) is 10.9. The zero-order valence-corrected chi connectivity index (χ0v) is 19.7. The smallest absolute Gasteiger partial charge is 0.265 e. The third-order valence-electron chi connectivity index (χ3n) is 4.87. The first-order chi connectivity index (χ1) is 14.9. The number of H-pyrrole nitrogens is 1. The second-order valence-electron chi connectivity index (χ2n) is 6.73. The van der Waals surface area contributed by atoms with Crippen LogP contribution in [0.3, 0.4) is 0 Å². The Hall–Kier alpha value is -2.52. The van der Waals surface area contributed by atoms with E-state index in [1.54, 1.807) is 0 Å². The number of sulfone groups is 1. The van der Waals surface area contributed by atoms with Crippen LogP contribution in [0.5, 0.6) is 5.75 Å². The van der Waals surface area contributed by atoms with Crippen molar-refractivity contribution in [3.8, 4) is 5.75 Å². The predicted molar refractivity (Wildman–Crippen MR) is 117 cm³/mol. The number of halogens is 2. The molecule has 3 rings (SSSR count). The Bertz CT molecular complexity index is 999. The Morgan fingerprint density at radius 2 is 1.85 bits per heavy atom. The zero-order chi connectivity index (χ0) is 22.3. The quantitative estimate of drug-likeness (QED) is 0.190. The molecular formula is C17H24Cl2N6O7S. The fourth-order valence-electron chi connectivity index (χ4n) is 3.18. The number of nitrogens with zero attached hydrogens (tertiary/aromatic N) is 3. The lowest BCUT2D eigenvalue weighted by molar-refractivity contribution is -0.134. The van der Waals surface area contributed by atoms with Gasteiger partial charge in [0.15, 0.2) is 20.4 Å². The average molecular weight is 527 g/mol. The van der Waals surface area contributed by atoms with E-state index in [4.69, 9.17) is 14.7 Å². The van der Waals surface area contributed by atoms with Crippen LogP contribution in [0.4, 0.5) is 0 Å². The molecule has 0 bridgehead atoms. The number of hydrogen-bond donors (Lipinski definition) is 4. The summed E-state index contributed by atoms with van der Waals surface area (Å²) in [5.41, 5.74) is 1.47. The highest BCUT2D eigenvalue weighted by Crippen LogP contribution is 2.35. The lowest BCUT2D eigenvalue weighted by atomic mass is 9.98. The highest BCUT2D eigenvalue weighted by atomic mass is 35.5. The molecule has 184 valence electrons. The minimum atomic E-state index is -4.10. The predicted octanol–water partition coefficient (Wildman–Crippen LogP) is -0.391. The van der Waals surface area contributed by atoms with Crippen LogP contribution in [0.15, 0.2) is 29.2 Å². The summed E-state index contributed by atoms with van der Waals surface area (Å²) < 4.78 is 35.2. The summed E-state index contributed by atoms with van der Waals surface area (Å²) in [4.78, 5) is 23.9. The van der Waals surface area contributed by atoms with E-state index in [1.165, 1.54) is 29.7 Å². The molecule has 0 radical (unpaired) electrons. The van der Waals surface area contributed by atoms with Gasteiger partial charge in [-0.25, -0.2) is 13.9 Å². The van der Waals surface area contributed by atoms with Crippen LogP contribution in [0, 0.1) is 0 Å². The van der Waals surface area contributed by atoms with Crippen molar-refractivity contribution in [2.45, 2.75) is 28.9 Å². The summed E-state index contributed by atoms with van der Waals surface area (Å²) in [6.07, 6.45) is -0.148. The normalized spacial score (nSPS) is 14.8. The molecule has 0 aliphatic carbocycles. The molecule has 1 fully saturated rings. The minimum absolute atomic E-state index is 0. The van der Waals surface area contributed by atoms with Crippen LogP contribution in [-0.4, -0.2) is 77.2 Å². The van der Waals surface area contributed by atoms with Gasteiger partial charge in [0.1, 0.15) is 12.4 Å². The van der Waals surface area contributed by atoms with Crippen LogP contribution in [-0.2, 0) is 30.6 Å². The van der Waals surface area contributed by atoms with Gasteiger partial charge in [0, 0.05) is 13.2 Å². The first kappa shape index (κ1) is 28.5. The first-order valence-electron chi connectivity index (χ1n) is 9.38. The van der Waals surface area contributed by atoms with Gasteiger partial charge < -0.3 is 14.8 Å². The number of aromatic nitrogens is 4. The number of benzene rings is 1. The summed E-state index contributed by atoms with van der Waals surface area (Å²) in [6.45, 7) is 0.549. The van der Waals surface area contributed by atoms with Crippen molar-refractivity contribution >= 4 is 46.5 Å². The molecule has 16 heteroatoms. The summed E-state index contributed by atoms with van der Waals surface area (Å²) in [6, 6.07) is 5.58. The van der Waals surface area contributed by atoms with E-state index < -0.39 is 20.5 Å². The van der Waals surface area contributed by atoms with Crippen LogP contribution in [0.1, 0.15) is 18.7 Å². The molecular weight excluding hydrogens is 503 g/mol. The third kappa shape index (κ3) is 6.51. The van der Waals surface area contributed by atoms with E-state index in [1.807, 2.05) is 0 Å². The fourth-order valence-corrected chi connectivity index (χ4v) is 5.12. The van der Waals surface area contributed by atoms with E-state index in [0.717, 1.165) is 0 Å². The molecule has 1 saturated heterocycles. The number of ether oxygens (including phenoxy) is 2. The molecule has 33 heavy (non-hydrogen) atoms. The van der Waals surface area contributed by atoms with E-state index in [-0.39, 0.29) is 87.1 Å². The number of tetrazole rings is 1. The Morgan fingerprint density at radius 1 is 1.18 bits per heavy atom. The van der Waals surface area contributed by atoms with E-state index >= 15 is 0 Å². The van der Waals surface area contributed by atoms with Crippen molar-refractivity contribution in [2.24, 2.45) is 0 Å². The minimum Gasteiger partial charge on any atom is -0.492 e. The lowest BCUT2D eigenvalue weighted by Crippen LogP contribution is -2.54. The zero-order valence-electron chi connectivity index (χ0n) is 17.2. The van der Waals surface area contributed by atoms with Crippen LogP contribution in [0.25, 0.3) is 0 Å². The fraction of sp³-hybridized carbons (Fsp3) is 0.471. The number of hydroxylamine groups is 1. The Labute approximate surface area is 201 Å².